The van der Waals surface area contributed by atoms with Gasteiger partial charge in [0.2, 0.25) is 11.8 Å². The Bertz CT molecular complexity index is 749. The molecule has 1 aromatic heterocycles. The number of aromatic nitrogens is 1. The van der Waals surface area contributed by atoms with Crippen LogP contribution >= 0.6 is 0 Å². The first kappa shape index (κ1) is 17.5. The monoisotopic (exact) mass is 327 g/mol. The maximum atomic E-state index is 12.1. The van der Waals surface area contributed by atoms with Crippen LogP contribution in [-0.4, -0.2) is 30.5 Å². The highest BCUT2D eigenvalue weighted by molar-refractivity contribution is 6.00. The number of carbonyl (C=O) groups is 2. The van der Waals surface area contributed by atoms with Crippen molar-refractivity contribution in [3.05, 3.63) is 52.7 Å². The molecule has 126 valence electrons. The molecule has 0 aliphatic rings. The van der Waals surface area contributed by atoms with E-state index < -0.39 is 5.91 Å². The number of carbonyl (C=O) groups excluding carboxylic acids is 2. The van der Waals surface area contributed by atoms with Crippen LogP contribution in [0, 0.1) is 20.8 Å². The standard InChI is InChI=1S/C18H21N3O3/c1-11-8-12(2)16(13(3)9-11)21-15(22)10-20-17(23)14-6-5-7-19-18(14)24-4/h5-9H,10H2,1-4H3,(H,20,23)(H,21,22). The highest BCUT2D eigenvalue weighted by Gasteiger charge is 2.14. The summed E-state index contributed by atoms with van der Waals surface area (Å²) in [5.74, 6) is -0.477. The Labute approximate surface area is 141 Å². The quantitative estimate of drug-likeness (QED) is 0.883. The Morgan fingerprint density at radius 1 is 1.17 bits per heavy atom. The third-order valence-electron chi connectivity index (χ3n) is 3.56. The van der Waals surface area contributed by atoms with Crippen LogP contribution < -0.4 is 15.4 Å². The molecule has 1 aromatic carbocycles. The zero-order valence-corrected chi connectivity index (χ0v) is 14.3. The Morgan fingerprint density at radius 3 is 2.46 bits per heavy atom. The second kappa shape index (κ2) is 7.59. The third-order valence-corrected chi connectivity index (χ3v) is 3.56. The molecule has 0 aliphatic carbocycles. The fourth-order valence-corrected chi connectivity index (χ4v) is 2.54. The van der Waals surface area contributed by atoms with E-state index in [0.29, 0.717) is 0 Å². The summed E-state index contributed by atoms with van der Waals surface area (Å²) in [5, 5.41) is 5.41. The molecular formula is C18H21N3O3. The summed E-state index contributed by atoms with van der Waals surface area (Å²) in [6.07, 6.45) is 1.53. The number of hydrogen-bond acceptors (Lipinski definition) is 4. The van der Waals surface area contributed by atoms with Crippen LogP contribution in [0.4, 0.5) is 5.69 Å². The van der Waals surface area contributed by atoms with Crippen molar-refractivity contribution < 1.29 is 14.3 Å². The molecule has 0 fully saturated rings. The summed E-state index contributed by atoms with van der Waals surface area (Å²) in [6, 6.07) is 7.23. The lowest BCUT2D eigenvalue weighted by Gasteiger charge is -2.13. The highest BCUT2D eigenvalue weighted by Crippen LogP contribution is 2.21. The van der Waals surface area contributed by atoms with Gasteiger partial charge in [-0.2, -0.15) is 0 Å². The number of pyridine rings is 1. The molecule has 2 N–H and O–H groups in total. The third kappa shape index (κ3) is 4.10. The number of anilines is 1. The lowest BCUT2D eigenvalue weighted by molar-refractivity contribution is -0.115. The molecule has 0 aliphatic heterocycles. The summed E-state index contributed by atoms with van der Waals surface area (Å²) in [7, 11) is 1.44. The molecule has 0 saturated carbocycles. The molecule has 0 spiro atoms. The predicted molar refractivity (Wildman–Crippen MR) is 92.4 cm³/mol. The lowest BCUT2D eigenvalue weighted by Crippen LogP contribution is -2.33. The Balaban J connectivity index is 2.00. The summed E-state index contributed by atoms with van der Waals surface area (Å²) >= 11 is 0. The molecule has 6 nitrogen and oxygen atoms in total. The van der Waals surface area contributed by atoms with Gasteiger partial charge in [-0.05, 0) is 44.0 Å². The first-order valence-electron chi connectivity index (χ1n) is 7.57. The van der Waals surface area contributed by atoms with E-state index in [1.165, 1.54) is 13.3 Å². The lowest BCUT2D eigenvalue weighted by atomic mass is 10.1. The van der Waals surface area contributed by atoms with Crippen LogP contribution in [0.15, 0.2) is 30.5 Å². The zero-order valence-electron chi connectivity index (χ0n) is 14.3. The SMILES string of the molecule is COc1ncccc1C(=O)NCC(=O)Nc1c(C)cc(C)cc1C. The first-order valence-corrected chi connectivity index (χ1v) is 7.57. The number of aryl methyl sites for hydroxylation is 3. The summed E-state index contributed by atoms with van der Waals surface area (Å²) in [5.41, 5.74) is 4.18. The van der Waals surface area contributed by atoms with Gasteiger partial charge in [-0.25, -0.2) is 4.98 Å². The van der Waals surface area contributed by atoms with Gasteiger partial charge in [0.05, 0.1) is 13.7 Å². The summed E-state index contributed by atoms with van der Waals surface area (Å²) in [6.45, 7) is 5.75. The smallest absolute Gasteiger partial charge is 0.257 e. The van der Waals surface area contributed by atoms with Gasteiger partial charge < -0.3 is 15.4 Å². The van der Waals surface area contributed by atoms with E-state index in [0.717, 1.165) is 22.4 Å². The van der Waals surface area contributed by atoms with Crippen LogP contribution in [-0.2, 0) is 4.79 Å². The fraction of sp³-hybridized carbons (Fsp3) is 0.278. The van der Waals surface area contributed by atoms with E-state index in [-0.39, 0.29) is 23.9 Å². The molecule has 0 bridgehead atoms. The van der Waals surface area contributed by atoms with E-state index in [9.17, 15) is 9.59 Å². The summed E-state index contributed by atoms with van der Waals surface area (Å²) in [4.78, 5) is 28.2. The number of amides is 2. The van der Waals surface area contributed by atoms with Crippen molar-refractivity contribution in [2.24, 2.45) is 0 Å². The van der Waals surface area contributed by atoms with Crippen LogP contribution in [0.1, 0.15) is 27.0 Å². The normalized spacial score (nSPS) is 10.2. The maximum Gasteiger partial charge on any atom is 0.257 e. The second-order valence-electron chi connectivity index (χ2n) is 5.56. The Hall–Kier alpha value is -2.89. The topological polar surface area (TPSA) is 80.3 Å². The van der Waals surface area contributed by atoms with E-state index in [1.807, 2.05) is 32.9 Å². The highest BCUT2D eigenvalue weighted by atomic mass is 16.5. The number of rotatable bonds is 5. The number of nitrogens with zero attached hydrogens (tertiary/aromatic N) is 1. The van der Waals surface area contributed by atoms with Gasteiger partial charge in [-0.1, -0.05) is 17.7 Å². The van der Waals surface area contributed by atoms with Crippen molar-refractivity contribution >= 4 is 17.5 Å². The second-order valence-corrected chi connectivity index (χ2v) is 5.56. The Morgan fingerprint density at radius 2 is 1.83 bits per heavy atom. The van der Waals surface area contributed by atoms with E-state index >= 15 is 0 Å². The van der Waals surface area contributed by atoms with Crippen molar-refractivity contribution in [1.29, 1.82) is 0 Å². The molecule has 2 amide bonds. The van der Waals surface area contributed by atoms with Crippen molar-refractivity contribution in [1.82, 2.24) is 10.3 Å². The minimum atomic E-state index is -0.410. The molecule has 1 heterocycles. The maximum absolute atomic E-state index is 12.1. The molecular weight excluding hydrogens is 306 g/mol. The minimum Gasteiger partial charge on any atom is -0.480 e. The Kier molecular flexibility index (Phi) is 5.52. The molecule has 2 rings (SSSR count). The number of hydrogen-bond donors (Lipinski definition) is 2. The van der Waals surface area contributed by atoms with Crippen LogP contribution in [0.5, 0.6) is 5.88 Å². The molecule has 6 heteroatoms. The molecule has 0 saturated heterocycles. The van der Waals surface area contributed by atoms with Crippen molar-refractivity contribution in [3.8, 4) is 5.88 Å². The van der Waals surface area contributed by atoms with Gasteiger partial charge in [0, 0.05) is 11.9 Å². The number of methoxy groups -OCH3 is 1. The van der Waals surface area contributed by atoms with Gasteiger partial charge in [0.1, 0.15) is 5.56 Å². The molecule has 0 atom stereocenters. The van der Waals surface area contributed by atoms with Gasteiger partial charge in [-0.15, -0.1) is 0 Å². The number of nitrogens with one attached hydrogen (secondary N) is 2. The van der Waals surface area contributed by atoms with E-state index in [2.05, 4.69) is 15.6 Å². The summed E-state index contributed by atoms with van der Waals surface area (Å²) < 4.78 is 5.04. The average Bonchev–Trinajstić information content (AvgIpc) is 2.55. The predicted octanol–water partition coefficient (Wildman–Crippen LogP) is 2.38. The van der Waals surface area contributed by atoms with Crippen LogP contribution in [0.2, 0.25) is 0 Å². The largest absolute Gasteiger partial charge is 0.480 e. The van der Waals surface area contributed by atoms with Gasteiger partial charge in [0.15, 0.2) is 0 Å². The van der Waals surface area contributed by atoms with E-state index in [1.54, 1.807) is 12.1 Å². The van der Waals surface area contributed by atoms with Crippen LogP contribution in [0.3, 0.4) is 0 Å². The fourth-order valence-electron chi connectivity index (χ4n) is 2.54. The molecule has 24 heavy (non-hydrogen) atoms. The van der Waals surface area contributed by atoms with Crippen molar-refractivity contribution in [2.75, 3.05) is 19.0 Å². The van der Waals surface area contributed by atoms with Gasteiger partial charge in [-0.3, -0.25) is 9.59 Å². The van der Waals surface area contributed by atoms with Crippen molar-refractivity contribution in [3.63, 3.8) is 0 Å². The minimum absolute atomic E-state index is 0.135. The van der Waals surface area contributed by atoms with Crippen LogP contribution in [0.25, 0.3) is 0 Å². The molecule has 0 radical (unpaired) electrons. The first-order chi connectivity index (χ1) is 11.4. The average molecular weight is 327 g/mol. The number of benzene rings is 1. The van der Waals surface area contributed by atoms with Crippen molar-refractivity contribution in [2.45, 2.75) is 20.8 Å². The van der Waals surface area contributed by atoms with Gasteiger partial charge >= 0.3 is 0 Å². The molecule has 0 unspecified atom stereocenters. The van der Waals surface area contributed by atoms with E-state index in [4.69, 9.17) is 4.74 Å². The van der Waals surface area contributed by atoms with Gasteiger partial charge in [0.25, 0.3) is 5.91 Å². The zero-order chi connectivity index (χ0) is 17.7. The number of ether oxygens (including phenoxy) is 1. The molecule has 2 aromatic rings.